The molecule has 1 N–H and O–H groups in total. The molecule has 0 saturated heterocycles. The molecule has 4 heterocycles. The van der Waals surface area contributed by atoms with Gasteiger partial charge in [-0.05, 0) is 30.7 Å². The minimum atomic E-state index is -0.194. The van der Waals surface area contributed by atoms with Crippen molar-refractivity contribution in [1.82, 2.24) is 35.0 Å². The van der Waals surface area contributed by atoms with Crippen molar-refractivity contribution in [3.8, 4) is 11.5 Å². The molecule has 4 rings (SSSR count). The number of nitrogens with one attached hydrogen (secondary N) is 1. The highest BCUT2D eigenvalue weighted by Crippen LogP contribution is 2.19. The molecule has 0 aliphatic heterocycles. The van der Waals surface area contributed by atoms with Crippen LogP contribution in [0.4, 0.5) is 0 Å². The lowest BCUT2D eigenvalue weighted by molar-refractivity contribution is 0.0949. The molecule has 4 aromatic rings. The van der Waals surface area contributed by atoms with Crippen molar-refractivity contribution in [3.63, 3.8) is 0 Å². The minimum absolute atomic E-state index is 0.194. The van der Waals surface area contributed by atoms with Crippen LogP contribution in [0.1, 0.15) is 35.4 Å². The molecule has 4 aromatic heterocycles. The van der Waals surface area contributed by atoms with E-state index >= 15 is 0 Å². The molecule has 136 valence electrons. The molecule has 0 atom stereocenters. The van der Waals surface area contributed by atoms with Crippen LogP contribution in [-0.4, -0.2) is 35.6 Å². The van der Waals surface area contributed by atoms with Crippen LogP contribution in [0.5, 0.6) is 0 Å². The van der Waals surface area contributed by atoms with Crippen molar-refractivity contribution >= 4 is 11.6 Å². The topological polar surface area (TPSA) is 111 Å². The first kappa shape index (κ1) is 16.8. The molecule has 9 nitrogen and oxygen atoms in total. The van der Waals surface area contributed by atoms with Crippen LogP contribution in [-0.2, 0) is 13.0 Å². The molecule has 0 bridgehead atoms. The zero-order valence-corrected chi connectivity index (χ0v) is 14.7. The summed E-state index contributed by atoms with van der Waals surface area (Å²) in [6, 6.07) is 6.99. The van der Waals surface area contributed by atoms with E-state index in [2.05, 4.69) is 37.6 Å². The zero-order chi connectivity index (χ0) is 18.6. The first-order chi connectivity index (χ1) is 13.2. The predicted molar refractivity (Wildman–Crippen MR) is 95.7 cm³/mol. The number of rotatable bonds is 6. The van der Waals surface area contributed by atoms with Gasteiger partial charge in [-0.3, -0.25) is 14.2 Å². The Kier molecular flexibility index (Phi) is 4.56. The third kappa shape index (κ3) is 3.52. The third-order valence-corrected chi connectivity index (χ3v) is 4.02. The standard InChI is InChI=1S/C18H17N7O2/c1-2-3-14-21-18(27-24-14)13-6-9-25-15(10-13)22-23-16(25)11-20-17(26)12-4-7-19-8-5-12/h4-10H,2-3,11H2,1H3,(H,20,26). The van der Waals surface area contributed by atoms with Crippen molar-refractivity contribution in [3.05, 3.63) is 60.1 Å². The third-order valence-electron chi connectivity index (χ3n) is 4.02. The van der Waals surface area contributed by atoms with E-state index in [1.807, 2.05) is 18.3 Å². The Morgan fingerprint density at radius 3 is 2.89 bits per heavy atom. The van der Waals surface area contributed by atoms with Crippen molar-refractivity contribution in [2.24, 2.45) is 0 Å². The highest BCUT2D eigenvalue weighted by Gasteiger charge is 2.13. The Bertz CT molecular complexity index is 1070. The smallest absolute Gasteiger partial charge is 0.258 e. The first-order valence-electron chi connectivity index (χ1n) is 8.59. The van der Waals surface area contributed by atoms with Gasteiger partial charge in [-0.25, -0.2) is 0 Å². The highest BCUT2D eigenvalue weighted by molar-refractivity contribution is 5.93. The van der Waals surface area contributed by atoms with Crippen LogP contribution in [0.3, 0.4) is 0 Å². The Balaban J connectivity index is 1.51. The number of pyridine rings is 2. The molecule has 0 unspecified atom stereocenters. The Hall–Kier alpha value is -3.62. The molecule has 0 radical (unpaired) electrons. The minimum Gasteiger partial charge on any atom is -0.345 e. The quantitative estimate of drug-likeness (QED) is 0.558. The lowest BCUT2D eigenvalue weighted by Gasteiger charge is -2.04. The maximum absolute atomic E-state index is 12.1. The Labute approximate surface area is 154 Å². The molecular formula is C18H17N7O2. The van der Waals surface area contributed by atoms with E-state index in [-0.39, 0.29) is 12.5 Å². The number of carbonyl (C=O) groups excluding carboxylic acids is 1. The monoisotopic (exact) mass is 363 g/mol. The molecule has 1 amide bonds. The second kappa shape index (κ2) is 7.32. The van der Waals surface area contributed by atoms with Gasteiger partial charge in [0.05, 0.1) is 6.54 Å². The summed E-state index contributed by atoms with van der Waals surface area (Å²) in [4.78, 5) is 20.4. The second-order valence-electron chi connectivity index (χ2n) is 5.94. The number of aryl methyl sites for hydroxylation is 1. The molecule has 27 heavy (non-hydrogen) atoms. The molecule has 0 aromatic carbocycles. The van der Waals surface area contributed by atoms with Gasteiger partial charge in [-0.1, -0.05) is 12.1 Å². The van der Waals surface area contributed by atoms with Gasteiger partial charge in [0.2, 0.25) is 0 Å². The summed E-state index contributed by atoms with van der Waals surface area (Å²) in [7, 11) is 0. The summed E-state index contributed by atoms with van der Waals surface area (Å²) in [5, 5.41) is 15.1. The normalized spacial score (nSPS) is 11.0. The average Bonchev–Trinajstić information content (AvgIpc) is 3.33. The molecular weight excluding hydrogens is 346 g/mol. The maximum atomic E-state index is 12.1. The fraction of sp³-hybridized carbons (Fsp3) is 0.222. The van der Waals surface area contributed by atoms with Gasteiger partial charge in [-0.2, -0.15) is 4.98 Å². The molecule has 0 saturated carbocycles. The van der Waals surface area contributed by atoms with Crippen molar-refractivity contribution < 1.29 is 9.32 Å². The number of hydrogen-bond donors (Lipinski definition) is 1. The van der Waals surface area contributed by atoms with Crippen molar-refractivity contribution in [2.75, 3.05) is 0 Å². The maximum Gasteiger partial charge on any atom is 0.258 e. The van der Waals surface area contributed by atoms with E-state index in [0.717, 1.165) is 18.4 Å². The van der Waals surface area contributed by atoms with Crippen LogP contribution in [0, 0.1) is 0 Å². The van der Waals surface area contributed by atoms with Crippen LogP contribution in [0.25, 0.3) is 17.1 Å². The average molecular weight is 363 g/mol. The van der Waals surface area contributed by atoms with Crippen molar-refractivity contribution in [2.45, 2.75) is 26.3 Å². The number of fused-ring (bicyclic) bond motifs is 1. The summed E-state index contributed by atoms with van der Waals surface area (Å²) < 4.78 is 7.11. The fourth-order valence-corrected chi connectivity index (χ4v) is 2.65. The highest BCUT2D eigenvalue weighted by atomic mass is 16.5. The van der Waals surface area contributed by atoms with Crippen LogP contribution in [0.2, 0.25) is 0 Å². The van der Waals surface area contributed by atoms with Gasteiger partial charge in [0.1, 0.15) is 0 Å². The number of nitrogens with zero attached hydrogens (tertiary/aromatic N) is 6. The zero-order valence-electron chi connectivity index (χ0n) is 14.7. The lowest BCUT2D eigenvalue weighted by atomic mass is 10.2. The van der Waals surface area contributed by atoms with Gasteiger partial charge in [0.25, 0.3) is 11.8 Å². The Morgan fingerprint density at radius 2 is 2.07 bits per heavy atom. The number of carbonyl (C=O) groups is 1. The van der Waals surface area contributed by atoms with Gasteiger partial charge >= 0.3 is 0 Å². The van der Waals surface area contributed by atoms with Gasteiger partial charge in [0.15, 0.2) is 17.3 Å². The van der Waals surface area contributed by atoms with Gasteiger partial charge in [-0.15, -0.1) is 10.2 Å². The van der Waals surface area contributed by atoms with Crippen LogP contribution < -0.4 is 5.32 Å². The van der Waals surface area contributed by atoms with Gasteiger partial charge < -0.3 is 9.84 Å². The largest absolute Gasteiger partial charge is 0.345 e. The van der Waals surface area contributed by atoms with E-state index in [4.69, 9.17) is 4.52 Å². The molecule has 0 fully saturated rings. The number of hydrogen-bond acceptors (Lipinski definition) is 7. The van der Waals surface area contributed by atoms with Crippen LogP contribution in [0.15, 0.2) is 47.4 Å². The van der Waals surface area contributed by atoms with E-state index in [0.29, 0.717) is 28.8 Å². The van der Waals surface area contributed by atoms with Crippen LogP contribution >= 0.6 is 0 Å². The summed E-state index contributed by atoms with van der Waals surface area (Å²) in [5.74, 6) is 1.57. The first-order valence-corrected chi connectivity index (χ1v) is 8.59. The van der Waals surface area contributed by atoms with Crippen molar-refractivity contribution in [1.29, 1.82) is 0 Å². The van der Waals surface area contributed by atoms with E-state index in [1.54, 1.807) is 28.9 Å². The van der Waals surface area contributed by atoms with Gasteiger partial charge in [0, 0.05) is 36.1 Å². The second-order valence-corrected chi connectivity index (χ2v) is 5.94. The van der Waals surface area contributed by atoms with E-state index in [9.17, 15) is 4.79 Å². The SMILES string of the molecule is CCCc1noc(-c2ccn3c(CNC(=O)c4ccncc4)nnc3c2)n1. The lowest BCUT2D eigenvalue weighted by Crippen LogP contribution is -2.23. The predicted octanol–water partition coefficient (Wildman–Crippen LogP) is 2.06. The summed E-state index contributed by atoms with van der Waals surface area (Å²) >= 11 is 0. The summed E-state index contributed by atoms with van der Waals surface area (Å²) in [5.41, 5.74) is 1.95. The molecule has 9 heteroatoms. The van der Waals surface area contributed by atoms with E-state index < -0.39 is 0 Å². The summed E-state index contributed by atoms with van der Waals surface area (Å²) in [6.07, 6.45) is 6.70. The molecule has 0 aliphatic carbocycles. The van der Waals surface area contributed by atoms with E-state index in [1.165, 1.54) is 0 Å². The summed E-state index contributed by atoms with van der Waals surface area (Å²) in [6.45, 7) is 2.32. The molecule has 0 aliphatic rings. The number of aromatic nitrogens is 6. The number of amides is 1. The fourth-order valence-electron chi connectivity index (χ4n) is 2.65. The molecule has 0 spiro atoms. The Morgan fingerprint density at radius 1 is 1.22 bits per heavy atom.